The first-order valence-corrected chi connectivity index (χ1v) is 11.8. The van der Waals surface area contributed by atoms with Crippen LogP contribution in [-0.4, -0.2) is 17.3 Å². The lowest BCUT2D eigenvalue weighted by Crippen LogP contribution is -2.31. The minimum absolute atomic E-state index is 0.0844. The third kappa shape index (κ3) is 4.15. The van der Waals surface area contributed by atoms with Crippen LogP contribution in [0.3, 0.4) is 0 Å². The van der Waals surface area contributed by atoms with Gasteiger partial charge in [-0.2, -0.15) is 0 Å². The van der Waals surface area contributed by atoms with Gasteiger partial charge in [0.1, 0.15) is 11.6 Å². The lowest BCUT2D eigenvalue weighted by molar-refractivity contribution is 0.0962. The van der Waals surface area contributed by atoms with Gasteiger partial charge in [-0.05, 0) is 67.3 Å². The highest BCUT2D eigenvalue weighted by Gasteiger charge is 2.28. The van der Waals surface area contributed by atoms with E-state index in [0.29, 0.717) is 24.4 Å². The molecule has 5 rings (SSSR count). The average molecular weight is 467 g/mol. The lowest BCUT2D eigenvalue weighted by Gasteiger charge is -2.33. The van der Waals surface area contributed by atoms with Gasteiger partial charge in [-0.15, -0.1) is 0 Å². The number of fused-ring (bicyclic) bond motifs is 2. The fourth-order valence-electron chi connectivity index (χ4n) is 5.31. The molecule has 0 N–H and O–H groups in total. The number of hydrogen-bond donors (Lipinski definition) is 0. The van der Waals surface area contributed by atoms with Crippen LogP contribution < -0.4 is 4.90 Å². The Labute approximate surface area is 197 Å². The summed E-state index contributed by atoms with van der Waals surface area (Å²) in [5.74, 6) is -0.795. The van der Waals surface area contributed by atoms with Crippen molar-refractivity contribution in [1.29, 1.82) is 0 Å². The fourth-order valence-corrected chi connectivity index (χ4v) is 5.52. The summed E-state index contributed by atoms with van der Waals surface area (Å²) in [4.78, 5) is 19.9. The number of aryl methyl sites for hydroxylation is 1. The second-order valence-electron chi connectivity index (χ2n) is 9.11. The van der Waals surface area contributed by atoms with Gasteiger partial charge in [-0.3, -0.25) is 9.78 Å². The van der Waals surface area contributed by atoms with Gasteiger partial charge in [0.05, 0.1) is 16.4 Å². The molecule has 0 amide bonds. The molecule has 2 heterocycles. The number of nitrogens with zero attached hydrogens (tertiary/aromatic N) is 2. The molecule has 1 aliphatic heterocycles. The average Bonchev–Trinajstić information content (AvgIpc) is 3.21. The number of anilines is 1. The maximum absolute atomic E-state index is 14.5. The van der Waals surface area contributed by atoms with Crippen LogP contribution in [0.2, 0.25) is 5.02 Å². The van der Waals surface area contributed by atoms with E-state index in [1.54, 1.807) is 6.20 Å². The van der Waals surface area contributed by atoms with E-state index in [1.807, 2.05) is 24.0 Å². The molecule has 6 heteroatoms. The Morgan fingerprint density at radius 2 is 1.82 bits per heavy atom. The monoisotopic (exact) mass is 466 g/mol. The minimum atomic E-state index is -0.637. The van der Waals surface area contributed by atoms with Gasteiger partial charge >= 0.3 is 0 Å². The summed E-state index contributed by atoms with van der Waals surface area (Å²) in [5, 5.41) is -0.194. The summed E-state index contributed by atoms with van der Waals surface area (Å²) in [6.07, 6.45) is 5.64. The Bertz CT molecular complexity index is 1220. The molecule has 0 saturated carbocycles. The van der Waals surface area contributed by atoms with Crippen molar-refractivity contribution in [1.82, 2.24) is 4.98 Å². The molecule has 0 unspecified atom stereocenters. The zero-order valence-corrected chi connectivity index (χ0v) is 19.3. The van der Waals surface area contributed by atoms with Crippen LogP contribution in [0.25, 0.3) is 0 Å². The van der Waals surface area contributed by atoms with Crippen molar-refractivity contribution in [2.24, 2.45) is 5.92 Å². The van der Waals surface area contributed by atoms with Gasteiger partial charge in [-0.25, -0.2) is 8.78 Å². The Morgan fingerprint density at radius 1 is 1.12 bits per heavy atom. The van der Waals surface area contributed by atoms with Gasteiger partial charge in [0.15, 0.2) is 5.78 Å². The molecule has 2 aromatic carbocycles. The first-order chi connectivity index (χ1) is 15.9. The second kappa shape index (κ2) is 8.86. The fraction of sp³-hybridized carbons (Fsp3) is 0.333. The van der Waals surface area contributed by atoms with Crippen LogP contribution in [0, 0.1) is 24.5 Å². The molecule has 2 aliphatic rings. The standard InChI is InChI=1S/C27H25ClF2N2O/c1-16-20(25(33)13-17-11-18-5-2-3-6-19(18)12-17)14-31-24-7-4-10-32(27(16)24)15-21-22(29)8-9-23(30)26(21)28/h2-3,5-6,8-9,14,17H,4,7,10-13,15H2,1H3. The molecule has 1 aromatic heterocycles. The van der Waals surface area contributed by atoms with E-state index in [-0.39, 0.29) is 22.9 Å². The number of benzene rings is 2. The van der Waals surface area contributed by atoms with Gasteiger partial charge in [0.2, 0.25) is 0 Å². The zero-order chi connectivity index (χ0) is 23.1. The number of Topliss-reactive ketones (excluding diaryl/α,β-unsaturated/α-hetero) is 1. The third-order valence-electron chi connectivity index (χ3n) is 6.94. The van der Waals surface area contributed by atoms with E-state index in [2.05, 4.69) is 17.1 Å². The predicted molar refractivity (Wildman–Crippen MR) is 126 cm³/mol. The van der Waals surface area contributed by atoms with E-state index in [9.17, 15) is 13.6 Å². The number of carbonyl (C=O) groups excluding carboxylic acids is 1. The molecule has 3 nitrogen and oxygen atoms in total. The molecular weight excluding hydrogens is 442 g/mol. The Balaban J connectivity index is 1.41. The first-order valence-electron chi connectivity index (χ1n) is 11.4. The lowest BCUT2D eigenvalue weighted by atomic mass is 9.92. The van der Waals surface area contributed by atoms with Gasteiger partial charge in [0, 0.05) is 36.8 Å². The quantitative estimate of drug-likeness (QED) is 0.328. The van der Waals surface area contributed by atoms with Crippen LogP contribution >= 0.6 is 11.6 Å². The van der Waals surface area contributed by atoms with E-state index in [1.165, 1.54) is 11.1 Å². The summed E-state index contributed by atoms with van der Waals surface area (Å²) in [6, 6.07) is 10.5. The van der Waals surface area contributed by atoms with Crippen LogP contribution in [-0.2, 0) is 25.8 Å². The number of carbonyl (C=O) groups is 1. The Morgan fingerprint density at radius 3 is 2.55 bits per heavy atom. The normalized spacial score (nSPS) is 15.5. The largest absolute Gasteiger partial charge is 0.365 e. The van der Waals surface area contributed by atoms with Crippen LogP contribution in [0.1, 0.15) is 51.1 Å². The summed E-state index contributed by atoms with van der Waals surface area (Å²) in [5.41, 5.74) is 5.99. The van der Waals surface area contributed by atoms with Crippen LogP contribution in [0.15, 0.2) is 42.6 Å². The van der Waals surface area contributed by atoms with Crippen molar-refractivity contribution in [2.75, 3.05) is 11.4 Å². The van der Waals surface area contributed by atoms with Crippen molar-refractivity contribution in [2.45, 2.75) is 45.6 Å². The van der Waals surface area contributed by atoms with E-state index in [4.69, 9.17) is 11.6 Å². The molecule has 170 valence electrons. The van der Waals surface area contributed by atoms with E-state index in [0.717, 1.165) is 54.8 Å². The van der Waals surface area contributed by atoms with E-state index >= 15 is 0 Å². The summed E-state index contributed by atoms with van der Waals surface area (Å²) < 4.78 is 28.4. The number of pyridine rings is 1. The highest BCUT2D eigenvalue weighted by atomic mass is 35.5. The third-order valence-corrected chi connectivity index (χ3v) is 7.35. The molecule has 3 aromatic rings. The number of ketones is 1. The molecule has 0 saturated heterocycles. The number of halogens is 3. The predicted octanol–water partition coefficient (Wildman–Crippen LogP) is 6.26. The van der Waals surface area contributed by atoms with Gasteiger partial charge in [-0.1, -0.05) is 35.9 Å². The highest BCUT2D eigenvalue weighted by molar-refractivity contribution is 6.31. The van der Waals surface area contributed by atoms with Crippen molar-refractivity contribution < 1.29 is 13.6 Å². The van der Waals surface area contributed by atoms with Crippen molar-refractivity contribution in [3.8, 4) is 0 Å². The number of aromatic nitrogens is 1. The first kappa shape index (κ1) is 22.0. The zero-order valence-electron chi connectivity index (χ0n) is 18.5. The van der Waals surface area contributed by atoms with Crippen molar-refractivity contribution >= 4 is 23.1 Å². The molecule has 0 atom stereocenters. The summed E-state index contributed by atoms with van der Waals surface area (Å²) in [7, 11) is 0. The Hall–Kier alpha value is -2.79. The highest BCUT2D eigenvalue weighted by Crippen LogP contribution is 2.36. The van der Waals surface area contributed by atoms with Crippen LogP contribution in [0.4, 0.5) is 14.5 Å². The van der Waals surface area contributed by atoms with Gasteiger partial charge in [0.25, 0.3) is 0 Å². The number of rotatable bonds is 5. The summed E-state index contributed by atoms with van der Waals surface area (Å²) >= 11 is 6.09. The van der Waals surface area contributed by atoms with Gasteiger partial charge < -0.3 is 4.90 Å². The molecule has 33 heavy (non-hydrogen) atoms. The molecule has 1 aliphatic carbocycles. The molecule has 0 bridgehead atoms. The Kier molecular flexibility index (Phi) is 5.92. The van der Waals surface area contributed by atoms with Crippen molar-refractivity contribution in [3.05, 3.63) is 92.8 Å². The molecule has 0 fully saturated rings. The maximum Gasteiger partial charge on any atom is 0.165 e. The second-order valence-corrected chi connectivity index (χ2v) is 9.49. The van der Waals surface area contributed by atoms with Crippen molar-refractivity contribution in [3.63, 3.8) is 0 Å². The smallest absolute Gasteiger partial charge is 0.165 e. The number of hydrogen-bond acceptors (Lipinski definition) is 3. The maximum atomic E-state index is 14.5. The topological polar surface area (TPSA) is 33.2 Å². The van der Waals surface area contributed by atoms with E-state index < -0.39 is 11.6 Å². The summed E-state index contributed by atoms with van der Waals surface area (Å²) in [6.45, 7) is 2.73. The SMILES string of the molecule is Cc1c(C(=O)CC2Cc3ccccc3C2)cnc2c1N(Cc1c(F)ccc(F)c1Cl)CCC2. The molecule has 0 radical (unpaired) electrons. The van der Waals surface area contributed by atoms with Crippen LogP contribution in [0.5, 0.6) is 0 Å². The molecule has 0 spiro atoms. The molecular formula is C27H25ClF2N2O. The minimum Gasteiger partial charge on any atom is -0.365 e.